The quantitative estimate of drug-likeness (QED) is 0.778. The van der Waals surface area contributed by atoms with Gasteiger partial charge in [-0.2, -0.15) is 4.31 Å². The lowest BCUT2D eigenvalue weighted by Gasteiger charge is -2.30. The van der Waals surface area contributed by atoms with Crippen LogP contribution in [0.25, 0.3) is 0 Å². The Morgan fingerprint density at radius 1 is 1.21 bits per heavy atom. The number of rotatable bonds is 6. The van der Waals surface area contributed by atoms with E-state index in [9.17, 15) is 18.0 Å². The molecular formula is C20H31N3O4S. The molecule has 2 amide bonds. The number of likely N-dealkylation sites (N-methyl/N-ethyl adjacent to an activating group) is 2. The second-order valence-electron chi connectivity index (χ2n) is 7.50. The van der Waals surface area contributed by atoms with Gasteiger partial charge in [0.15, 0.2) is 0 Å². The fourth-order valence-corrected chi connectivity index (χ4v) is 5.14. The molecule has 0 aliphatic carbocycles. The van der Waals surface area contributed by atoms with E-state index in [1.54, 1.807) is 26.8 Å². The van der Waals surface area contributed by atoms with Gasteiger partial charge in [0.1, 0.15) is 0 Å². The molecule has 8 heteroatoms. The van der Waals surface area contributed by atoms with Gasteiger partial charge < -0.3 is 10.2 Å². The number of aryl methyl sites for hydroxylation is 1. The first-order valence-corrected chi connectivity index (χ1v) is 11.2. The van der Waals surface area contributed by atoms with E-state index in [1.807, 2.05) is 0 Å². The number of hydrogen-bond donors (Lipinski definition) is 1. The van der Waals surface area contributed by atoms with Crippen molar-refractivity contribution in [3.8, 4) is 0 Å². The number of benzene rings is 1. The average Bonchev–Trinajstić information content (AvgIpc) is 2.67. The molecule has 28 heavy (non-hydrogen) atoms. The maximum absolute atomic E-state index is 13.2. The van der Waals surface area contributed by atoms with Crippen LogP contribution in [0.1, 0.15) is 48.2 Å². The number of sulfonamides is 1. The minimum Gasteiger partial charge on any atom is -0.358 e. The minimum absolute atomic E-state index is 0.0646. The summed E-state index contributed by atoms with van der Waals surface area (Å²) in [5, 5.41) is 2.50. The van der Waals surface area contributed by atoms with Gasteiger partial charge in [0.05, 0.1) is 11.4 Å². The molecule has 0 unspecified atom stereocenters. The second kappa shape index (κ2) is 9.05. The number of carbonyl (C=O) groups excluding carboxylic acids is 2. The Hall–Kier alpha value is -1.93. The molecule has 1 aliphatic heterocycles. The topological polar surface area (TPSA) is 86.8 Å². The van der Waals surface area contributed by atoms with Crippen molar-refractivity contribution in [1.29, 1.82) is 0 Å². The smallest absolute Gasteiger partial charge is 0.254 e. The van der Waals surface area contributed by atoms with E-state index in [0.717, 1.165) is 18.4 Å². The minimum atomic E-state index is -3.67. The van der Waals surface area contributed by atoms with Gasteiger partial charge in [0.2, 0.25) is 15.9 Å². The first-order chi connectivity index (χ1) is 13.1. The van der Waals surface area contributed by atoms with Crippen LogP contribution in [0.15, 0.2) is 17.0 Å². The largest absolute Gasteiger partial charge is 0.358 e. The fourth-order valence-electron chi connectivity index (χ4n) is 3.34. The van der Waals surface area contributed by atoms with Crippen molar-refractivity contribution >= 4 is 21.8 Å². The van der Waals surface area contributed by atoms with Crippen LogP contribution in [0, 0.1) is 19.8 Å². The molecule has 0 atom stereocenters. The molecule has 156 valence electrons. The molecule has 1 N–H and O–H groups in total. The summed E-state index contributed by atoms with van der Waals surface area (Å²) in [7, 11) is -2.16. The van der Waals surface area contributed by atoms with E-state index < -0.39 is 10.0 Å². The molecule has 0 spiro atoms. The highest BCUT2D eigenvalue weighted by molar-refractivity contribution is 7.89. The highest BCUT2D eigenvalue weighted by atomic mass is 32.2. The van der Waals surface area contributed by atoms with Gasteiger partial charge in [-0.25, -0.2) is 8.42 Å². The van der Waals surface area contributed by atoms with Gasteiger partial charge in [0.25, 0.3) is 5.91 Å². The molecule has 0 radical (unpaired) electrons. The van der Waals surface area contributed by atoms with Crippen LogP contribution in [0.5, 0.6) is 0 Å². The van der Waals surface area contributed by atoms with E-state index in [0.29, 0.717) is 31.1 Å². The predicted molar refractivity (Wildman–Crippen MR) is 109 cm³/mol. The zero-order chi connectivity index (χ0) is 21.1. The van der Waals surface area contributed by atoms with Gasteiger partial charge in [-0.15, -0.1) is 0 Å². The average molecular weight is 410 g/mol. The van der Waals surface area contributed by atoms with Crippen LogP contribution in [0.3, 0.4) is 0 Å². The number of nitrogens with one attached hydrogen (secondary N) is 1. The van der Waals surface area contributed by atoms with E-state index in [1.165, 1.54) is 22.3 Å². The molecule has 1 fully saturated rings. The van der Waals surface area contributed by atoms with Crippen LogP contribution in [0.4, 0.5) is 0 Å². The standard InChI is InChI=1S/C20H31N3O4S/c1-6-22(13-19(24)21-5)20(25)17-11-15(3)16(4)18(12-17)28(26,27)23-9-7-14(2)8-10-23/h11-12,14H,6-10,13H2,1-5H3,(H,21,24). The third-order valence-electron chi connectivity index (χ3n) is 5.51. The Morgan fingerprint density at radius 3 is 2.36 bits per heavy atom. The van der Waals surface area contributed by atoms with Crippen molar-refractivity contribution in [3.05, 3.63) is 28.8 Å². The van der Waals surface area contributed by atoms with Crippen molar-refractivity contribution in [2.24, 2.45) is 5.92 Å². The summed E-state index contributed by atoms with van der Waals surface area (Å²) in [6, 6.07) is 3.16. The zero-order valence-corrected chi connectivity index (χ0v) is 18.2. The van der Waals surface area contributed by atoms with Gasteiger partial charge >= 0.3 is 0 Å². The van der Waals surface area contributed by atoms with Gasteiger partial charge in [0, 0.05) is 32.2 Å². The van der Waals surface area contributed by atoms with Crippen molar-refractivity contribution in [2.45, 2.75) is 45.4 Å². The lowest BCUT2D eigenvalue weighted by Crippen LogP contribution is -2.40. The molecule has 1 aliphatic rings. The molecule has 1 aromatic rings. The summed E-state index contributed by atoms with van der Waals surface area (Å²) in [4.78, 5) is 26.2. The Balaban J connectivity index is 2.41. The molecule has 1 saturated heterocycles. The van der Waals surface area contributed by atoms with Gasteiger partial charge in [-0.3, -0.25) is 9.59 Å². The first kappa shape index (κ1) is 22.4. The van der Waals surface area contributed by atoms with Gasteiger partial charge in [-0.1, -0.05) is 6.92 Å². The predicted octanol–water partition coefficient (Wildman–Crippen LogP) is 1.93. The Bertz CT molecular complexity index is 843. The molecule has 0 saturated carbocycles. The molecular weight excluding hydrogens is 378 g/mol. The first-order valence-electron chi connectivity index (χ1n) is 9.73. The maximum Gasteiger partial charge on any atom is 0.254 e. The molecule has 2 rings (SSSR count). The summed E-state index contributed by atoms with van der Waals surface area (Å²) < 4.78 is 28.0. The van der Waals surface area contributed by atoms with Crippen molar-refractivity contribution in [1.82, 2.24) is 14.5 Å². The lowest BCUT2D eigenvalue weighted by molar-refractivity contribution is -0.121. The van der Waals surface area contributed by atoms with E-state index >= 15 is 0 Å². The summed E-state index contributed by atoms with van der Waals surface area (Å²) in [6.45, 7) is 8.77. The number of amides is 2. The SMILES string of the molecule is CCN(CC(=O)NC)C(=O)c1cc(C)c(C)c(S(=O)(=O)N2CCC(C)CC2)c1. The summed E-state index contributed by atoms with van der Waals surface area (Å²) in [5.41, 5.74) is 1.69. The monoisotopic (exact) mass is 409 g/mol. The number of nitrogens with zero attached hydrogens (tertiary/aromatic N) is 2. The van der Waals surface area contributed by atoms with Crippen molar-refractivity contribution < 1.29 is 18.0 Å². The number of carbonyl (C=O) groups is 2. The zero-order valence-electron chi connectivity index (χ0n) is 17.4. The Kier molecular flexibility index (Phi) is 7.22. The number of piperidine rings is 1. The number of hydrogen-bond acceptors (Lipinski definition) is 4. The van der Waals surface area contributed by atoms with Crippen LogP contribution in [-0.2, 0) is 14.8 Å². The van der Waals surface area contributed by atoms with E-state index in [2.05, 4.69) is 12.2 Å². The van der Waals surface area contributed by atoms with E-state index in [4.69, 9.17) is 0 Å². The van der Waals surface area contributed by atoms with Crippen LogP contribution in [0.2, 0.25) is 0 Å². The normalized spacial score (nSPS) is 16.0. The summed E-state index contributed by atoms with van der Waals surface area (Å²) in [6.07, 6.45) is 1.68. The fraction of sp³-hybridized carbons (Fsp3) is 0.600. The molecule has 0 aromatic heterocycles. The molecule has 1 heterocycles. The molecule has 0 bridgehead atoms. The highest BCUT2D eigenvalue weighted by Gasteiger charge is 2.31. The Labute approximate surface area is 168 Å². The summed E-state index contributed by atoms with van der Waals surface area (Å²) >= 11 is 0. The van der Waals surface area contributed by atoms with Crippen LogP contribution in [-0.4, -0.2) is 62.7 Å². The van der Waals surface area contributed by atoms with E-state index in [-0.39, 0.29) is 28.8 Å². The van der Waals surface area contributed by atoms with Crippen molar-refractivity contribution in [3.63, 3.8) is 0 Å². The van der Waals surface area contributed by atoms with Crippen LogP contribution >= 0.6 is 0 Å². The van der Waals surface area contributed by atoms with Gasteiger partial charge in [-0.05, 0) is 62.8 Å². The van der Waals surface area contributed by atoms with Crippen molar-refractivity contribution in [2.75, 3.05) is 33.2 Å². The third kappa shape index (κ3) is 4.72. The Morgan fingerprint density at radius 2 is 1.82 bits per heavy atom. The summed E-state index contributed by atoms with van der Waals surface area (Å²) in [5.74, 6) is -0.0998. The molecule has 7 nitrogen and oxygen atoms in total. The highest BCUT2D eigenvalue weighted by Crippen LogP contribution is 2.28. The lowest BCUT2D eigenvalue weighted by atomic mass is 10.0. The maximum atomic E-state index is 13.2. The second-order valence-corrected chi connectivity index (χ2v) is 9.40. The van der Waals surface area contributed by atoms with Crippen LogP contribution < -0.4 is 5.32 Å². The third-order valence-corrected chi connectivity index (χ3v) is 7.53. The molecule has 1 aromatic carbocycles.